The average Bonchev–Trinajstić information content (AvgIpc) is 3.76. The van der Waals surface area contributed by atoms with Crippen LogP contribution in [0.3, 0.4) is 0 Å². The van der Waals surface area contributed by atoms with Gasteiger partial charge in [0.2, 0.25) is 5.91 Å². The highest BCUT2D eigenvalue weighted by Crippen LogP contribution is 2.44. The van der Waals surface area contributed by atoms with Crippen LogP contribution in [0.5, 0.6) is 5.75 Å². The number of aromatic nitrogens is 2. The lowest BCUT2D eigenvalue weighted by atomic mass is 10.00. The number of nitrogens with one attached hydrogen (secondary N) is 1. The quantitative estimate of drug-likeness (QED) is 0.349. The molecule has 2 heterocycles. The van der Waals surface area contributed by atoms with Crippen LogP contribution in [0.1, 0.15) is 18.4 Å². The Labute approximate surface area is 240 Å². The summed E-state index contributed by atoms with van der Waals surface area (Å²) in [6.45, 7) is 5.00. The zero-order chi connectivity index (χ0) is 29.6. The number of piperazine rings is 1. The van der Waals surface area contributed by atoms with Crippen molar-refractivity contribution in [1.29, 1.82) is 0 Å². The molecule has 0 radical (unpaired) electrons. The van der Waals surface area contributed by atoms with Crippen molar-refractivity contribution >= 4 is 22.5 Å². The smallest absolute Gasteiger partial charge is 0.404 e. The van der Waals surface area contributed by atoms with Gasteiger partial charge in [0.25, 0.3) is 5.56 Å². The van der Waals surface area contributed by atoms with Crippen LogP contribution in [0, 0.1) is 6.92 Å². The number of hydrogen-bond donors (Lipinski definition) is 1. The Bertz CT molecular complexity index is 1720. The highest BCUT2D eigenvalue weighted by Gasteiger charge is 2.55. The standard InChI is InChI=1S/C31H30F3N5O3/c1-20-5-3-4-6-23(20)21-7-9-24-25(17-21)35-19-39(28(24)40)22-8-10-27(42-31(32,33)34)26(18-22)36-29(41)30(11-12-30)38-15-13-37(2)14-16-38/h3-10,17-19H,11-16H2,1-2H3,(H,36,41). The number of rotatable bonds is 6. The van der Waals surface area contributed by atoms with Crippen LogP contribution in [0.4, 0.5) is 18.9 Å². The summed E-state index contributed by atoms with van der Waals surface area (Å²) in [6.07, 6.45) is -2.39. The molecule has 2 fully saturated rings. The molecule has 1 N–H and O–H groups in total. The zero-order valence-corrected chi connectivity index (χ0v) is 23.2. The van der Waals surface area contributed by atoms with E-state index in [-0.39, 0.29) is 17.3 Å². The number of halogens is 3. The largest absolute Gasteiger partial charge is 0.573 e. The van der Waals surface area contributed by atoms with Gasteiger partial charge < -0.3 is 15.0 Å². The fraction of sp³-hybridized carbons (Fsp3) is 0.323. The molecule has 2 aliphatic rings. The normalized spacial score (nSPS) is 17.3. The molecule has 1 amide bonds. The summed E-state index contributed by atoms with van der Waals surface area (Å²) in [6, 6.07) is 17.0. The highest BCUT2D eigenvalue weighted by atomic mass is 19.4. The van der Waals surface area contributed by atoms with E-state index in [0.29, 0.717) is 36.8 Å². The van der Waals surface area contributed by atoms with E-state index in [0.717, 1.165) is 35.8 Å². The molecule has 1 aliphatic carbocycles. The number of benzene rings is 3. The molecule has 6 rings (SSSR count). The number of anilines is 1. The number of aryl methyl sites for hydroxylation is 1. The van der Waals surface area contributed by atoms with Gasteiger partial charge in [0, 0.05) is 26.2 Å². The van der Waals surface area contributed by atoms with Crippen LogP contribution in [0.2, 0.25) is 0 Å². The van der Waals surface area contributed by atoms with Crippen molar-refractivity contribution in [3.8, 4) is 22.6 Å². The van der Waals surface area contributed by atoms with Crippen LogP contribution in [-0.2, 0) is 4.79 Å². The summed E-state index contributed by atoms with van der Waals surface area (Å²) in [5.41, 5.74) is 2.43. The van der Waals surface area contributed by atoms with E-state index in [1.54, 1.807) is 6.07 Å². The third-order valence-corrected chi connectivity index (χ3v) is 8.19. The van der Waals surface area contributed by atoms with Crippen molar-refractivity contribution in [3.05, 3.63) is 82.9 Å². The molecular formula is C31H30F3N5O3. The molecule has 4 aromatic rings. The molecule has 0 atom stereocenters. The van der Waals surface area contributed by atoms with Gasteiger partial charge in [0.1, 0.15) is 11.9 Å². The van der Waals surface area contributed by atoms with E-state index < -0.39 is 23.2 Å². The molecule has 42 heavy (non-hydrogen) atoms. The zero-order valence-electron chi connectivity index (χ0n) is 23.2. The van der Waals surface area contributed by atoms with Gasteiger partial charge >= 0.3 is 6.36 Å². The maximum absolute atomic E-state index is 13.5. The third kappa shape index (κ3) is 5.37. The van der Waals surface area contributed by atoms with E-state index in [9.17, 15) is 22.8 Å². The van der Waals surface area contributed by atoms with Gasteiger partial charge in [-0.2, -0.15) is 0 Å². The summed E-state index contributed by atoms with van der Waals surface area (Å²) in [5, 5.41) is 3.04. The molecule has 3 aromatic carbocycles. The van der Waals surface area contributed by atoms with Gasteiger partial charge in [-0.15, -0.1) is 13.2 Å². The lowest BCUT2D eigenvalue weighted by Crippen LogP contribution is -2.54. The van der Waals surface area contributed by atoms with Gasteiger partial charge in [-0.25, -0.2) is 4.98 Å². The second kappa shape index (κ2) is 10.6. The Morgan fingerprint density at radius 1 is 1.00 bits per heavy atom. The van der Waals surface area contributed by atoms with Gasteiger partial charge in [0.05, 0.1) is 22.3 Å². The minimum atomic E-state index is -4.97. The first kappa shape index (κ1) is 27.9. The van der Waals surface area contributed by atoms with Crippen LogP contribution >= 0.6 is 0 Å². The lowest BCUT2D eigenvalue weighted by Gasteiger charge is -2.37. The first-order valence-electron chi connectivity index (χ1n) is 13.8. The fourth-order valence-electron chi connectivity index (χ4n) is 5.63. The molecule has 0 spiro atoms. The van der Waals surface area contributed by atoms with Crippen LogP contribution < -0.4 is 15.6 Å². The fourth-order valence-corrected chi connectivity index (χ4v) is 5.63. The summed E-state index contributed by atoms with van der Waals surface area (Å²) in [5.74, 6) is -0.942. The Morgan fingerprint density at radius 2 is 1.74 bits per heavy atom. The topological polar surface area (TPSA) is 79.7 Å². The van der Waals surface area contributed by atoms with E-state index >= 15 is 0 Å². The van der Waals surface area contributed by atoms with E-state index in [4.69, 9.17) is 0 Å². The third-order valence-electron chi connectivity index (χ3n) is 8.19. The van der Waals surface area contributed by atoms with Crippen LogP contribution in [0.25, 0.3) is 27.7 Å². The van der Waals surface area contributed by atoms with Gasteiger partial charge in [-0.05, 0) is 73.8 Å². The van der Waals surface area contributed by atoms with Crippen LogP contribution in [-0.4, -0.2) is 70.4 Å². The molecule has 1 aromatic heterocycles. The Kier molecular flexibility index (Phi) is 7.02. The highest BCUT2D eigenvalue weighted by molar-refractivity contribution is 6.01. The Balaban J connectivity index is 1.34. The predicted molar refractivity (Wildman–Crippen MR) is 154 cm³/mol. The number of hydrogen-bond acceptors (Lipinski definition) is 6. The summed E-state index contributed by atoms with van der Waals surface area (Å²) >= 11 is 0. The number of carbonyl (C=O) groups is 1. The summed E-state index contributed by atoms with van der Waals surface area (Å²) in [4.78, 5) is 35.7. The second-order valence-electron chi connectivity index (χ2n) is 11.0. The monoisotopic (exact) mass is 577 g/mol. The number of ether oxygens (including phenoxy) is 1. The van der Waals surface area contributed by atoms with Crippen molar-refractivity contribution in [2.45, 2.75) is 31.7 Å². The summed E-state index contributed by atoms with van der Waals surface area (Å²) < 4.78 is 45.3. The van der Waals surface area contributed by atoms with Crippen molar-refractivity contribution in [1.82, 2.24) is 19.4 Å². The Morgan fingerprint density at radius 3 is 2.43 bits per heavy atom. The summed E-state index contributed by atoms with van der Waals surface area (Å²) in [7, 11) is 2.01. The molecule has 0 unspecified atom stereocenters. The van der Waals surface area contributed by atoms with Crippen molar-refractivity contribution in [2.75, 3.05) is 38.5 Å². The first-order valence-corrected chi connectivity index (χ1v) is 13.8. The molecule has 1 saturated carbocycles. The SMILES string of the molecule is Cc1ccccc1-c1ccc2c(=O)n(-c3ccc(OC(F)(F)F)c(NC(=O)C4(N5CCN(C)CC5)CC4)c3)cnc2c1. The number of alkyl halides is 3. The molecule has 1 saturated heterocycles. The Hall–Kier alpha value is -4.22. The number of likely N-dealkylation sites (N-methyl/N-ethyl adjacent to an activating group) is 1. The van der Waals surface area contributed by atoms with E-state index in [1.165, 1.54) is 23.0 Å². The van der Waals surface area contributed by atoms with Crippen molar-refractivity contribution in [2.24, 2.45) is 0 Å². The van der Waals surface area contributed by atoms with Gasteiger partial charge in [-0.3, -0.25) is 19.1 Å². The molecule has 8 nitrogen and oxygen atoms in total. The predicted octanol–water partition coefficient (Wildman–Crippen LogP) is 4.98. The number of nitrogens with zero attached hydrogens (tertiary/aromatic N) is 4. The van der Waals surface area contributed by atoms with E-state index in [2.05, 4.69) is 24.8 Å². The maximum atomic E-state index is 13.5. The van der Waals surface area contributed by atoms with Crippen molar-refractivity contribution < 1.29 is 22.7 Å². The molecule has 218 valence electrons. The van der Waals surface area contributed by atoms with Crippen molar-refractivity contribution in [3.63, 3.8) is 0 Å². The molecular weight excluding hydrogens is 547 g/mol. The minimum absolute atomic E-state index is 0.169. The second-order valence-corrected chi connectivity index (χ2v) is 11.0. The number of fused-ring (bicyclic) bond motifs is 1. The van der Waals surface area contributed by atoms with Gasteiger partial charge in [-0.1, -0.05) is 30.3 Å². The molecule has 0 bridgehead atoms. The first-order chi connectivity index (χ1) is 20.0. The van der Waals surface area contributed by atoms with E-state index in [1.807, 2.05) is 50.4 Å². The minimum Gasteiger partial charge on any atom is -0.404 e. The lowest BCUT2D eigenvalue weighted by molar-refractivity contribution is -0.274. The van der Waals surface area contributed by atoms with Crippen LogP contribution in [0.15, 0.2) is 71.8 Å². The molecule has 11 heteroatoms. The molecule has 1 aliphatic heterocycles. The number of amides is 1. The maximum Gasteiger partial charge on any atom is 0.573 e. The number of carbonyl (C=O) groups excluding carboxylic acids is 1. The van der Waals surface area contributed by atoms with Gasteiger partial charge in [0.15, 0.2) is 5.75 Å². The average molecular weight is 578 g/mol.